The highest BCUT2D eigenvalue weighted by atomic mass is 16.1. The van der Waals surface area contributed by atoms with Crippen molar-refractivity contribution in [3.8, 4) is 0 Å². The van der Waals surface area contributed by atoms with Gasteiger partial charge in [-0.15, -0.1) is 0 Å². The summed E-state index contributed by atoms with van der Waals surface area (Å²) in [6.45, 7) is 6.94. The molecule has 4 heteroatoms. The normalized spacial score (nSPS) is 17.7. The van der Waals surface area contributed by atoms with E-state index >= 15 is 0 Å². The summed E-state index contributed by atoms with van der Waals surface area (Å²) in [5, 5.41) is 0. The Labute approximate surface area is 125 Å². The lowest BCUT2D eigenvalue weighted by Gasteiger charge is -2.34. The van der Waals surface area contributed by atoms with E-state index in [1.165, 1.54) is 25.9 Å². The second-order valence-electron chi connectivity index (χ2n) is 6.35. The van der Waals surface area contributed by atoms with E-state index in [1.807, 2.05) is 22.7 Å². The van der Waals surface area contributed by atoms with Gasteiger partial charge in [-0.1, -0.05) is 0 Å². The molecular formula is C17H23N3O. The Morgan fingerprint density at radius 3 is 2.81 bits per heavy atom. The van der Waals surface area contributed by atoms with Gasteiger partial charge >= 0.3 is 0 Å². The third-order valence-corrected chi connectivity index (χ3v) is 4.55. The highest BCUT2D eigenvalue weighted by Crippen LogP contribution is 2.22. The SMILES string of the molecule is CC(C)N1CCC(Cc2cn3ccc(C=O)cc3n2)CC1. The molecule has 4 nitrogen and oxygen atoms in total. The first-order valence-electron chi connectivity index (χ1n) is 7.82. The van der Waals surface area contributed by atoms with Gasteiger partial charge in [0.2, 0.25) is 0 Å². The van der Waals surface area contributed by atoms with Gasteiger partial charge < -0.3 is 9.30 Å². The summed E-state index contributed by atoms with van der Waals surface area (Å²) in [4.78, 5) is 18.0. The molecule has 1 aliphatic rings. The number of hydrogen-bond acceptors (Lipinski definition) is 3. The van der Waals surface area contributed by atoms with Crippen LogP contribution in [0.25, 0.3) is 5.65 Å². The van der Waals surface area contributed by atoms with Crippen molar-refractivity contribution >= 4 is 11.9 Å². The molecule has 3 heterocycles. The molecule has 2 aromatic rings. The van der Waals surface area contributed by atoms with Crippen LogP contribution in [0, 0.1) is 5.92 Å². The molecule has 3 rings (SSSR count). The summed E-state index contributed by atoms with van der Waals surface area (Å²) in [7, 11) is 0. The molecule has 0 N–H and O–H groups in total. The number of aldehydes is 1. The van der Waals surface area contributed by atoms with Crippen LogP contribution < -0.4 is 0 Å². The van der Waals surface area contributed by atoms with E-state index in [0.29, 0.717) is 11.6 Å². The van der Waals surface area contributed by atoms with E-state index in [4.69, 9.17) is 0 Å². The van der Waals surface area contributed by atoms with Gasteiger partial charge in [-0.25, -0.2) is 4.98 Å². The van der Waals surface area contributed by atoms with Crippen molar-refractivity contribution in [1.29, 1.82) is 0 Å². The van der Waals surface area contributed by atoms with Crippen LogP contribution in [-0.4, -0.2) is 39.7 Å². The van der Waals surface area contributed by atoms with Crippen LogP contribution in [0.1, 0.15) is 42.7 Å². The molecule has 21 heavy (non-hydrogen) atoms. The van der Waals surface area contributed by atoms with Crippen LogP contribution in [0.3, 0.4) is 0 Å². The zero-order chi connectivity index (χ0) is 14.8. The largest absolute Gasteiger partial charge is 0.307 e. The zero-order valence-electron chi connectivity index (χ0n) is 12.8. The Bertz CT molecular complexity index is 624. The first kappa shape index (κ1) is 14.3. The second kappa shape index (κ2) is 5.98. The molecular weight excluding hydrogens is 262 g/mol. The lowest BCUT2D eigenvalue weighted by molar-refractivity contribution is 0.112. The van der Waals surface area contributed by atoms with E-state index in [9.17, 15) is 4.79 Å². The number of hydrogen-bond donors (Lipinski definition) is 0. The fourth-order valence-electron chi connectivity index (χ4n) is 3.19. The molecule has 0 spiro atoms. The van der Waals surface area contributed by atoms with E-state index in [2.05, 4.69) is 29.9 Å². The van der Waals surface area contributed by atoms with Crippen molar-refractivity contribution in [2.24, 2.45) is 5.92 Å². The monoisotopic (exact) mass is 285 g/mol. The molecule has 0 amide bonds. The fraction of sp³-hybridized carbons (Fsp3) is 0.529. The minimum atomic E-state index is 0.655. The fourth-order valence-corrected chi connectivity index (χ4v) is 3.19. The molecule has 0 unspecified atom stereocenters. The van der Waals surface area contributed by atoms with Gasteiger partial charge in [-0.05, 0) is 64.3 Å². The van der Waals surface area contributed by atoms with Gasteiger partial charge in [0.05, 0.1) is 5.69 Å². The van der Waals surface area contributed by atoms with Crippen LogP contribution in [0.15, 0.2) is 24.5 Å². The highest BCUT2D eigenvalue weighted by Gasteiger charge is 2.21. The summed E-state index contributed by atoms with van der Waals surface area (Å²) in [5.74, 6) is 0.732. The number of carbonyl (C=O) groups excluding carboxylic acids is 1. The predicted molar refractivity (Wildman–Crippen MR) is 83.7 cm³/mol. The minimum Gasteiger partial charge on any atom is -0.307 e. The second-order valence-corrected chi connectivity index (χ2v) is 6.35. The van der Waals surface area contributed by atoms with Gasteiger partial charge in [0.1, 0.15) is 11.9 Å². The molecule has 0 radical (unpaired) electrons. The molecule has 1 aliphatic heterocycles. The number of piperidine rings is 1. The lowest BCUT2D eigenvalue weighted by atomic mass is 9.92. The van der Waals surface area contributed by atoms with Crippen LogP contribution in [0.2, 0.25) is 0 Å². The van der Waals surface area contributed by atoms with Gasteiger partial charge in [0.25, 0.3) is 0 Å². The maximum absolute atomic E-state index is 10.8. The minimum absolute atomic E-state index is 0.655. The Kier molecular flexibility index (Phi) is 4.06. The summed E-state index contributed by atoms with van der Waals surface area (Å²) < 4.78 is 2.01. The van der Waals surface area contributed by atoms with Gasteiger partial charge in [-0.2, -0.15) is 0 Å². The van der Waals surface area contributed by atoms with Crippen molar-refractivity contribution in [3.63, 3.8) is 0 Å². The van der Waals surface area contributed by atoms with Gasteiger partial charge in [0.15, 0.2) is 0 Å². The number of fused-ring (bicyclic) bond motifs is 1. The summed E-state index contributed by atoms with van der Waals surface area (Å²) in [6.07, 6.45) is 8.44. The van der Waals surface area contributed by atoms with Gasteiger partial charge in [-0.3, -0.25) is 4.79 Å². The van der Waals surface area contributed by atoms with Crippen molar-refractivity contribution in [1.82, 2.24) is 14.3 Å². The molecule has 1 fully saturated rings. The third kappa shape index (κ3) is 3.16. The van der Waals surface area contributed by atoms with E-state index in [0.717, 1.165) is 30.0 Å². The number of rotatable bonds is 4. The lowest BCUT2D eigenvalue weighted by Crippen LogP contribution is -2.38. The number of likely N-dealkylation sites (tertiary alicyclic amines) is 1. The van der Waals surface area contributed by atoms with Crippen molar-refractivity contribution in [3.05, 3.63) is 35.8 Å². The van der Waals surface area contributed by atoms with Crippen LogP contribution >= 0.6 is 0 Å². The first-order valence-corrected chi connectivity index (χ1v) is 7.82. The number of nitrogens with zero attached hydrogens (tertiary/aromatic N) is 3. The maximum atomic E-state index is 10.8. The van der Waals surface area contributed by atoms with Crippen LogP contribution in [-0.2, 0) is 6.42 Å². The summed E-state index contributed by atoms with van der Waals surface area (Å²) >= 11 is 0. The number of aromatic nitrogens is 2. The Morgan fingerprint density at radius 2 is 2.14 bits per heavy atom. The molecule has 0 saturated carbocycles. The molecule has 2 aromatic heterocycles. The Balaban J connectivity index is 1.67. The number of pyridine rings is 1. The number of carbonyl (C=O) groups is 1. The number of imidazole rings is 1. The first-order chi connectivity index (χ1) is 10.2. The quantitative estimate of drug-likeness (QED) is 0.811. The molecule has 0 aliphatic carbocycles. The summed E-state index contributed by atoms with van der Waals surface area (Å²) in [6, 6.07) is 4.33. The highest BCUT2D eigenvalue weighted by molar-refractivity contribution is 5.76. The molecule has 0 aromatic carbocycles. The van der Waals surface area contributed by atoms with Crippen LogP contribution in [0.4, 0.5) is 0 Å². The summed E-state index contributed by atoms with van der Waals surface area (Å²) in [5.41, 5.74) is 2.69. The maximum Gasteiger partial charge on any atom is 0.150 e. The van der Waals surface area contributed by atoms with Crippen LogP contribution in [0.5, 0.6) is 0 Å². The van der Waals surface area contributed by atoms with Gasteiger partial charge in [0, 0.05) is 24.0 Å². The third-order valence-electron chi connectivity index (χ3n) is 4.55. The molecule has 1 saturated heterocycles. The Hall–Kier alpha value is -1.68. The average Bonchev–Trinajstić information content (AvgIpc) is 2.88. The average molecular weight is 285 g/mol. The Morgan fingerprint density at radius 1 is 1.38 bits per heavy atom. The standard InChI is InChI=1S/C17H23N3O/c1-13(2)19-6-3-14(4-7-19)9-16-11-20-8-5-15(12-21)10-17(20)18-16/h5,8,10-14H,3-4,6-7,9H2,1-2H3. The van der Waals surface area contributed by atoms with Crippen molar-refractivity contribution < 1.29 is 4.79 Å². The predicted octanol–water partition coefficient (Wildman–Crippen LogP) is 2.81. The topological polar surface area (TPSA) is 37.6 Å². The molecule has 112 valence electrons. The van der Waals surface area contributed by atoms with Crippen molar-refractivity contribution in [2.75, 3.05) is 13.1 Å². The van der Waals surface area contributed by atoms with E-state index in [1.54, 1.807) is 0 Å². The van der Waals surface area contributed by atoms with Crippen molar-refractivity contribution in [2.45, 2.75) is 39.2 Å². The van der Waals surface area contributed by atoms with E-state index < -0.39 is 0 Å². The smallest absolute Gasteiger partial charge is 0.150 e. The molecule has 0 bridgehead atoms. The zero-order valence-corrected chi connectivity index (χ0v) is 12.8. The van der Waals surface area contributed by atoms with E-state index in [-0.39, 0.29) is 0 Å². The molecule has 0 atom stereocenters.